The zero-order valence-corrected chi connectivity index (χ0v) is 15.6. The van der Waals surface area contributed by atoms with Crippen molar-refractivity contribution < 1.29 is 0 Å². The van der Waals surface area contributed by atoms with Crippen LogP contribution >= 0.6 is 0 Å². The SMILES string of the molecule is CCCCc1nc2cccnn2c(=O)c1-c1ccc(N[C@@H]2CCNC2)cc1. The summed E-state index contributed by atoms with van der Waals surface area (Å²) in [7, 11) is 0. The van der Waals surface area contributed by atoms with E-state index in [1.54, 1.807) is 6.20 Å². The second-order valence-corrected chi connectivity index (χ2v) is 7.05. The van der Waals surface area contributed by atoms with Crippen molar-refractivity contribution in [3.05, 3.63) is 58.6 Å². The number of anilines is 1. The first-order valence-electron chi connectivity index (χ1n) is 9.71. The van der Waals surface area contributed by atoms with Gasteiger partial charge in [0.05, 0.1) is 11.3 Å². The minimum Gasteiger partial charge on any atom is -0.381 e. The summed E-state index contributed by atoms with van der Waals surface area (Å²) in [5.74, 6) is 0. The quantitative estimate of drug-likeness (QED) is 0.705. The van der Waals surface area contributed by atoms with E-state index < -0.39 is 0 Å². The number of aryl methyl sites for hydroxylation is 1. The third kappa shape index (κ3) is 3.71. The molecule has 0 saturated carbocycles. The fourth-order valence-electron chi connectivity index (χ4n) is 3.59. The topological polar surface area (TPSA) is 71.3 Å². The summed E-state index contributed by atoms with van der Waals surface area (Å²) in [5.41, 5.74) is 3.99. The van der Waals surface area contributed by atoms with Gasteiger partial charge in [-0.05, 0) is 55.6 Å². The van der Waals surface area contributed by atoms with Gasteiger partial charge in [0, 0.05) is 24.5 Å². The standard InChI is InChI=1S/C21H25N5O/c1-2-3-5-18-20(21(27)26-19(25-18)6-4-12-23-26)15-7-9-16(10-8-15)24-17-11-13-22-14-17/h4,6-10,12,17,22,24H,2-3,5,11,13-14H2,1H3/t17-/m1/s1. The summed E-state index contributed by atoms with van der Waals surface area (Å²) >= 11 is 0. The maximum atomic E-state index is 13.1. The highest BCUT2D eigenvalue weighted by Gasteiger charge is 2.16. The normalized spacial score (nSPS) is 16.7. The summed E-state index contributed by atoms with van der Waals surface area (Å²) in [4.78, 5) is 17.8. The van der Waals surface area contributed by atoms with Crippen molar-refractivity contribution >= 4 is 11.3 Å². The number of hydrogen-bond donors (Lipinski definition) is 2. The Bertz CT molecular complexity index is 974. The molecular weight excluding hydrogens is 338 g/mol. The van der Waals surface area contributed by atoms with Gasteiger partial charge >= 0.3 is 0 Å². The highest BCUT2D eigenvalue weighted by Crippen LogP contribution is 2.23. The lowest BCUT2D eigenvalue weighted by Gasteiger charge is -2.14. The predicted molar refractivity (Wildman–Crippen MR) is 108 cm³/mol. The molecule has 0 amide bonds. The molecule has 4 rings (SSSR count). The number of nitrogens with one attached hydrogen (secondary N) is 2. The fourth-order valence-corrected chi connectivity index (χ4v) is 3.59. The highest BCUT2D eigenvalue weighted by molar-refractivity contribution is 5.68. The van der Waals surface area contributed by atoms with Gasteiger partial charge in [0.2, 0.25) is 0 Å². The summed E-state index contributed by atoms with van der Waals surface area (Å²) in [6.07, 6.45) is 5.61. The first kappa shape index (κ1) is 17.7. The molecule has 1 saturated heterocycles. The summed E-state index contributed by atoms with van der Waals surface area (Å²) in [5, 5.41) is 11.1. The summed E-state index contributed by atoms with van der Waals surface area (Å²) in [6.45, 7) is 4.20. The molecule has 140 valence electrons. The molecule has 3 heterocycles. The first-order chi connectivity index (χ1) is 13.3. The van der Waals surface area contributed by atoms with Gasteiger partial charge in [0.1, 0.15) is 0 Å². The van der Waals surface area contributed by atoms with E-state index in [9.17, 15) is 4.79 Å². The molecule has 6 nitrogen and oxygen atoms in total. The Morgan fingerprint density at radius 1 is 1.26 bits per heavy atom. The van der Waals surface area contributed by atoms with Crippen molar-refractivity contribution in [2.45, 2.75) is 38.6 Å². The minimum absolute atomic E-state index is 0.104. The molecule has 1 aliphatic rings. The largest absolute Gasteiger partial charge is 0.381 e. The molecular formula is C21H25N5O. The van der Waals surface area contributed by atoms with Crippen molar-refractivity contribution in [3.8, 4) is 11.1 Å². The van der Waals surface area contributed by atoms with Crippen LogP contribution in [0.2, 0.25) is 0 Å². The van der Waals surface area contributed by atoms with Gasteiger partial charge in [-0.1, -0.05) is 25.5 Å². The average Bonchev–Trinajstić information content (AvgIpc) is 3.20. The lowest BCUT2D eigenvalue weighted by atomic mass is 10.0. The molecule has 27 heavy (non-hydrogen) atoms. The second-order valence-electron chi connectivity index (χ2n) is 7.05. The molecule has 1 atom stereocenters. The van der Waals surface area contributed by atoms with Gasteiger partial charge in [-0.2, -0.15) is 9.61 Å². The Hall–Kier alpha value is -2.73. The number of aromatic nitrogens is 3. The molecule has 0 radical (unpaired) electrons. The van der Waals surface area contributed by atoms with Crippen LogP contribution in [0.3, 0.4) is 0 Å². The van der Waals surface area contributed by atoms with Gasteiger partial charge in [0.25, 0.3) is 5.56 Å². The molecule has 0 unspecified atom stereocenters. The Labute approximate surface area is 158 Å². The molecule has 2 N–H and O–H groups in total. The van der Waals surface area contributed by atoms with E-state index in [4.69, 9.17) is 4.98 Å². The van der Waals surface area contributed by atoms with E-state index in [2.05, 4.69) is 22.7 Å². The van der Waals surface area contributed by atoms with Crippen LogP contribution in [0, 0.1) is 0 Å². The molecule has 0 aliphatic carbocycles. The minimum atomic E-state index is -0.104. The van der Waals surface area contributed by atoms with Gasteiger partial charge in [0.15, 0.2) is 5.65 Å². The fraction of sp³-hybridized carbons (Fsp3) is 0.381. The van der Waals surface area contributed by atoms with Crippen LogP contribution in [0.25, 0.3) is 16.8 Å². The molecule has 1 fully saturated rings. The highest BCUT2D eigenvalue weighted by atomic mass is 16.1. The summed E-state index contributed by atoms with van der Waals surface area (Å²) < 4.78 is 1.39. The lowest BCUT2D eigenvalue weighted by Crippen LogP contribution is -2.22. The number of benzene rings is 1. The van der Waals surface area contributed by atoms with Crippen molar-refractivity contribution in [2.24, 2.45) is 0 Å². The smallest absolute Gasteiger partial charge is 0.282 e. The molecule has 6 heteroatoms. The number of rotatable bonds is 6. The van der Waals surface area contributed by atoms with E-state index in [0.29, 0.717) is 17.3 Å². The predicted octanol–water partition coefficient (Wildman–Crippen LogP) is 2.87. The van der Waals surface area contributed by atoms with Crippen LogP contribution in [0.1, 0.15) is 31.9 Å². The van der Waals surface area contributed by atoms with Crippen LogP contribution in [0.15, 0.2) is 47.4 Å². The van der Waals surface area contributed by atoms with E-state index in [0.717, 1.165) is 55.7 Å². The molecule has 1 aromatic carbocycles. The second kappa shape index (κ2) is 7.88. The Kier molecular flexibility index (Phi) is 5.16. The Morgan fingerprint density at radius 3 is 2.85 bits per heavy atom. The van der Waals surface area contributed by atoms with Gasteiger partial charge in [-0.3, -0.25) is 4.79 Å². The molecule has 3 aromatic rings. The third-order valence-corrected chi connectivity index (χ3v) is 5.05. The van der Waals surface area contributed by atoms with Crippen LogP contribution in [-0.4, -0.2) is 33.7 Å². The van der Waals surface area contributed by atoms with Crippen LogP contribution in [0.5, 0.6) is 0 Å². The number of unbranched alkanes of at least 4 members (excludes halogenated alkanes) is 1. The zero-order valence-electron chi connectivity index (χ0n) is 15.6. The van der Waals surface area contributed by atoms with Gasteiger partial charge in [-0.25, -0.2) is 4.98 Å². The van der Waals surface area contributed by atoms with Crippen LogP contribution in [-0.2, 0) is 6.42 Å². The van der Waals surface area contributed by atoms with Crippen LogP contribution < -0.4 is 16.2 Å². The number of nitrogens with zero attached hydrogens (tertiary/aromatic N) is 3. The van der Waals surface area contributed by atoms with E-state index in [-0.39, 0.29) is 5.56 Å². The molecule has 2 aromatic heterocycles. The van der Waals surface area contributed by atoms with E-state index in [1.165, 1.54) is 4.52 Å². The number of fused-ring (bicyclic) bond motifs is 1. The lowest BCUT2D eigenvalue weighted by molar-refractivity contribution is 0.765. The molecule has 0 bridgehead atoms. The Balaban J connectivity index is 1.72. The van der Waals surface area contributed by atoms with Gasteiger partial charge < -0.3 is 10.6 Å². The first-order valence-corrected chi connectivity index (χ1v) is 9.71. The number of hydrogen-bond acceptors (Lipinski definition) is 5. The third-order valence-electron chi connectivity index (χ3n) is 5.05. The van der Waals surface area contributed by atoms with Gasteiger partial charge in [-0.15, -0.1) is 0 Å². The average molecular weight is 363 g/mol. The van der Waals surface area contributed by atoms with Crippen LogP contribution in [0.4, 0.5) is 5.69 Å². The summed E-state index contributed by atoms with van der Waals surface area (Å²) in [6, 6.07) is 12.2. The van der Waals surface area contributed by atoms with Crippen molar-refractivity contribution in [3.63, 3.8) is 0 Å². The molecule has 1 aliphatic heterocycles. The monoisotopic (exact) mass is 363 g/mol. The van der Waals surface area contributed by atoms with Crippen molar-refractivity contribution in [1.29, 1.82) is 0 Å². The van der Waals surface area contributed by atoms with E-state index >= 15 is 0 Å². The Morgan fingerprint density at radius 2 is 2.11 bits per heavy atom. The van der Waals surface area contributed by atoms with Crippen molar-refractivity contribution in [2.75, 3.05) is 18.4 Å². The van der Waals surface area contributed by atoms with E-state index in [1.807, 2.05) is 36.4 Å². The van der Waals surface area contributed by atoms with Crippen molar-refractivity contribution in [1.82, 2.24) is 19.9 Å². The maximum Gasteiger partial charge on any atom is 0.282 e. The molecule has 0 spiro atoms. The zero-order chi connectivity index (χ0) is 18.6. The maximum absolute atomic E-state index is 13.1.